The molecule has 1 atom stereocenters. The van der Waals surface area contributed by atoms with Gasteiger partial charge in [0.2, 0.25) is 0 Å². The Hall–Kier alpha value is -2.66. The number of fused-ring (bicyclic) bond motifs is 1. The third-order valence-electron chi connectivity index (χ3n) is 4.33. The maximum atomic E-state index is 12.6. The molecule has 3 aromatic rings. The molecule has 5 nitrogen and oxygen atoms in total. The summed E-state index contributed by atoms with van der Waals surface area (Å²) in [6.07, 6.45) is 0. The fourth-order valence-corrected chi connectivity index (χ4v) is 3.01. The highest BCUT2D eigenvalue weighted by molar-refractivity contribution is 5.95. The lowest BCUT2D eigenvalue weighted by Crippen LogP contribution is -2.29. The number of carbonyl (C=O) groups excluding carboxylic acids is 1. The molecule has 130 valence electrons. The number of rotatable bonds is 6. The zero-order chi connectivity index (χ0) is 17.8. The van der Waals surface area contributed by atoms with E-state index in [1.807, 2.05) is 62.4 Å². The summed E-state index contributed by atoms with van der Waals surface area (Å²) in [6, 6.07) is 15.4. The third-order valence-corrected chi connectivity index (χ3v) is 4.33. The van der Waals surface area contributed by atoms with E-state index in [1.54, 1.807) is 7.11 Å². The summed E-state index contributed by atoms with van der Waals surface area (Å²) in [7, 11) is 1.68. The number of hydrogen-bond acceptors (Lipinski definition) is 3. The van der Waals surface area contributed by atoms with Crippen molar-refractivity contribution in [2.24, 2.45) is 0 Å². The van der Waals surface area contributed by atoms with Crippen LogP contribution in [-0.4, -0.2) is 29.2 Å². The number of imidazole rings is 1. The predicted octanol–water partition coefficient (Wildman–Crippen LogP) is 3.48. The van der Waals surface area contributed by atoms with Gasteiger partial charge in [-0.1, -0.05) is 30.3 Å². The Kier molecular flexibility index (Phi) is 5.14. The van der Waals surface area contributed by atoms with Gasteiger partial charge in [-0.3, -0.25) is 4.79 Å². The van der Waals surface area contributed by atoms with Crippen LogP contribution in [0.15, 0.2) is 48.5 Å². The van der Waals surface area contributed by atoms with Gasteiger partial charge in [0, 0.05) is 19.2 Å². The molecule has 0 saturated carbocycles. The molecule has 1 N–H and O–H groups in total. The Balaban J connectivity index is 1.90. The van der Waals surface area contributed by atoms with Gasteiger partial charge >= 0.3 is 0 Å². The first kappa shape index (κ1) is 17.2. The van der Waals surface area contributed by atoms with Crippen molar-refractivity contribution in [2.75, 3.05) is 13.7 Å². The number of aryl methyl sites for hydroxylation is 1. The normalized spacial score (nSPS) is 12.3. The van der Waals surface area contributed by atoms with Crippen molar-refractivity contribution in [3.05, 3.63) is 65.5 Å². The number of carbonyl (C=O) groups is 1. The van der Waals surface area contributed by atoms with Crippen LogP contribution in [0, 0.1) is 6.92 Å². The van der Waals surface area contributed by atoms with Gasteiger partial charge < -0.3 is 14.6 Å². The molecule has 0 spiro atoms. The number of ether oxygens (including phenoxy) is 1. The van der Waals surface area contributed by atoms with E-state index in [9.17, 15) is 4.79 Å². The average molecular weight is 337 g/mol. The topological polar surface area (TPSA) is 56.1 Å². The molecule has 2 aromatic carbocycles. The highest BCUT2D eigenvalue weighted by atomic mass is 16.5. The van der Waals surface area contributed by atoms with Gasteiger partial charge in [0.05, 0.1) is 23.7 Å². The molecule has 1 unspecified atom stereocenters. The maximum absolute atomic E-state index is 12.6. The maximum Gasteiger partial charge on any atom is 0.252 e. The van der Waals surface area contributed by atoms with Gasteiger partial charge in [0.15, 0.2) is 0 Å². The van der Waals surface area contributed by atoms with Crippen molar-refractivity contribution < 1.29 is 9.53 Å². The summed E-state index contributed by atoms with van der Waals surface area (Å²) in [4.78, 5) is 17.3. The number of para-hydroxylation sites is 2. The quantitative estimate of drug-likeness (QED) is 0.749. The van der Waals surface area contributed by atoms with Crippen LogP contribution in [0.5, 0.6) is 0 Å². The minimum Gasteiger partial charge on any atom is -0.383 e. The number of hydrogen-bond donors (Lipinski definition) is 1. The van der Waals surface area contributed by atoms with E-state index in [0.717, 1.165) is 22.4 Å². The summed E-state index contributed by atoms with van der Waals surface area (Å²) < 4.78 is 7.34. The summed E-state index contributed by atoms with van der Waals surface area (Å²) >= 11 is 0. The Morgan fingerprint density at radius 3 is 2.68 bits per heavy atom. The average Bonchev–Trinajstić information content (AvgIpc) is 2.99. The summed E-state index contributed by atoms with van der Waals surface area (Å²) in [5.74, 6) is 0.746. The molecule has 0 radical (unpaired) electrons. The standard InChI is InChI=1S/C20H23N3O2/c1-14-8-4-5-9-16(14)20(24)21-15(2)19-22-17-10-6-7-11-18(17)23(19)12-13-25-3/h4-11,15H,12-13H2,1-3H3,(H,21,24). The first-order valence-electron chi connectivity index (χ1n) is 8.42. The molecule has 5 heteroatoms. The van der Waals surface area contributed by atoms with Crippen LogP contribution in [0.1, 0.15) is 34.7 Å². The number of amides is 1. The van der Waals surface area contributed by atoms with Crippen LogP contribution in [-0.2, 0) is 11.3 Å². The van der Waals surface area contributed by atoms with Crippen LogP contribution in [0.3, 0.4) is 0 Å². The van der Waals surface area contributed by atoms with E-state index in [0.29, 0.717) is 18.7 Å². The number of methoxy groups -OCH3 is 1. The van der Waals surface area contributed by atoms with Gasteiger partial charge in [-0.05, 0) is 37.6 Å². The first-order valence-corrected chi connectivity index (χ1v) is 8.42. The fourth-order valence-electron chi connectivity index (χ4n) is 3.01. The second kappa shape index (κ2) is 7.49. The Bertz CT molecular complexity index is 886. The second-order valence-electron chi connectivity index (χ2n) is 6.11. The molecule has 25 heavy (non-hydrogen) atoms. The fraction of sp³-hybridized carbons (Fsp3) is 0.300. The van der Waals surface area contributed by atoms with E-state index in [1.165, 1.54) is 0 Å². The van der Waals surface area contributed by atoms with Gasteiger partial charge in [-0.15, -0.1) is 0 Å². The molecule has 3 rings (SSSR count). The number of nitrogens with zero attached hydrogens (tertiary/aromatic N) is 2. The lowest BCUT2D eigenvalue weighted by atomic mass is 10.1. The molecule has 1 heterocycles. The van der Waals surface area contributed by atoms with Crippen molar-refractivity contribution >= 4 is 16.9 Å². The lowest BCUT2D eigenvalue weighted by molar-refractivity contribution is 0.0936. The summed E-state index contributed by atoms with van der Waals surface area (Å²) in [5, 5.41) is 3.07. The molecule has 0 aliphatic heterocycles. The molecule has 1 aromatic heterocycles. The molecule has 0 aliphatic rings. The van der Waals surface area contributed by atoms with Crippen molar-refractivity contribution in [3.8, 4) is 0 Å². The summed E-state index contributed by atoms with van der Waals surface area (Å²) in [5.41, 5.74) is 3.62. The van der Waals surface area contributed by atoms with Crippen molar-refractivity contribution in [1.29, 1.82) is 0 Å². The van der Waals surface area contributed by atoms with Crippen molar-refractivity contribution in [1.82, 2.24) is 14.9 Å². The van der Waals surface area contributed by atoms with E-state index < -0.39 is 0 Å². The molecule has 0 saturated heterocycles. The number of benzene rings is 2. The Morgan fingerprint density at radius 2 is 1.92 bits per heavy atom. The second-order valence-corrected chi connectivity index (χ2v) is 6.11. The van der Waals surface area contributed by atoms with Crippen LogP contribution < -0.4 is 5.32 Å². The Labute approximate surface area is 147 Å². The van der Waals surface area contributed by atoms with E-state index >= 15 is 0 Å². The van der Waals surface area contributed by atoms with E-state index in [2.05, 4.69) is 9.88 Å². The minimum atomic E-state index is -0.212. The van der Waals surface area contributed by atoms with Crippen molar-refractivity contribution in [2.45, 2.75) is 26.4 Å². The number of aromatic nitrogens is 2. The predicted molar refractivity (Wildman–Crippen MR) is 98.7 cm³/mol. The van der Waals surface area contributed by atoms with Gasteiger partial charge in [-0.25, -0.2) is 4.98 Å². The van der Waals surface area contributed by atoms with Crippen LogP contribution >= 0.6 is 0 Å². The van der Waals surface area contributed by atoms with Gasteiger partial charge in [0.1, 0.15) is 5.82 Å². The highest BCUT2D eigenvalue weighted by Gasteiger charge is 2.19. The van der Waals surface area contributed by atoms with Gasteiger partial charge in [-0.2, -0.15) is 0 Å². The molecule has 0 bridgehead atoms. The molecular weight excluding hydrogens is 314 g/mol. The Morgan fingerprint density at radius 1 is 1.20 bits per heavy atom. The van der Waals surface area contributed by atoms with E-state index in [4.69, 9.17) is 9.72 Å². The molecular formula is C20H23N3O2. The lowest BCUT2D eigenvalue weighted by Gasteiger charge is -2.17. The van der Waals surface area contributed by atoms with Crippen molar-refractivity contribution in [3.63, 3.8) is 0 Å². The monoisotopic (exact) mass is 337 g/mol. The smallest absolute Gasteiger partial charge is 0.252 e. The number of nitrogens with one attached hydrogen (secondary N) is 1. The van der Waals surface area contributed by atoms with Gasteiger partial charge in [0.25, 0.3) is 5.91 Å². The first-order chi connectivity index (χ1) is 12.1. The molecule has 1 amide bonds. The zero-order valence-electron chi connectivity index (χ0n) is 14.8. The zero-order valence-corrected chi connectivity index (χ0v) is 14.8. The summed E-state index contributed by atoms with van der Waals surface area (Å²) in [6.45, 7) is 5.18. The minimum absolute atomic E-state index is 0.0871. The molecule has 0 fully saturated rings. The third kappa shape index (κ3) is 3.56. The van der Waals surface area contributed by atoms with Crippen LogP contribution in [0.25, 0.3) is 11.0 Å². The molecule has 0 aliphatic carbocycles. The van der Waals surface area contributed by atoms with E-state index in [-0.39, 0.29) is 11.9 Å². The highest BCUT2D eigenvalue weighted by Crippen LogP contribution is 2.21. The van der Waals surface area contributed by atoms with Crippen LogP contribution in [0.4, 0.5) is 0 Å². The SMILES string of the molecule is COCCn1c(C(C)NC(=O)c2ccccc2C)nc2ccccc21. The largest absolute Gasteiger partial charge is 0.383 e. The van der Waals surface area contributed by atoms with Crippen LogP contribution in [0.2, 0.25) is 0 Å².